The quantitative estimate of drug-likeness (QED) is 0.185. The molecule has 0 aromatic rings. The van der Waals surface area contributed by atoms with Crippen LogP contribution in [0.5, 0.6) is 0 Å². The lowest BCUT2D eigenvalue weighted by Gasteiger charge is -2.39. The summed E-state index contributed by atoms with van der Waals surface area (Å²) in [4.78, 5) is 90.8. The number of ether oxygens (including phenoxy) is 2. The third-order valence-electron chi connectivity index (χ3n) is 9.40. The molecule has 8 amide bonds. The van der Waals surface area contributed by atoms with Gasteiger partial charge in [0.25, 0.3) is 11.8 Å². The summed E-state index contributed by atoms with van der Waals surface area (Å²) in [5, 5.41) is 0.501. The molecular formula is C31H49N8O14S-. The van der Waals surface area contributed by atoms with Crippen LogP contribution in [0.15, 0.2) is 0 Å². The highest BCUT2D eigenvalue weighted by Gasteiger charge is 2.49. The fraction of sp³-hybridized carbons (Fsp3) is 0.806. The second-order valence-electron chi connectivity index (χ2n) is 16.0. The van der Waals surface area contributed by atoms with Gasteiger partial charge in [0, 0.05) is 20.1 Å². The zero-order chi connectivity index (χ0) is 39.9. The van der Waals surface area contributed by atoms with Crippen molar-refractivity contribution >= 4 is 46.5 Å². The highest BCUT2D eigenvalue weighted by Crippen LogP contribution is 2.31. The summed E-state index contributed by atoms with van der Waals surface area (Å²) in [7, 11) is -3.33. The molecule has 22 nitrogen and oxygen atoms in total. The molecule has 6 aliphatic heterocycles. The second kappa shape index (κ2) is 15.5. The predicted octanol–water partition coefficient (Wildman–Crippen LogP) is -0.134. The Morgan fingerprint density at radius 1 is 0.667 bits per heavy atom. The van der Waals surface area contributed by atoms with Crippen molar-refractivity contribution in [3.05, 3.63) is 0 Å². The molecule has 0 aliphatic carbocycles. The first-order valence-corrected chi connectivity index (χ1v) is 19.0. The van der Waals surface area contributed by atoms with Crippen molar-refractivity contribution in [1.29, 1.82) is 0 Å². The zero-order valence-electron chi connectivity index (χ0n) is 31.3. The normalized spacial score (nSPS) is 25.8. The van der Waals surface area contributed by atoms with Crippen LogP contribution in [0.1, 0.15) is 67.2 Å². The van der Waals surface area contributed by atoms with Crippen LogP contribution in [-0.2, 0) is 43.4 Å². The maximum Gasteiger partial charge on any atom is 0.410 e. The van der Waals surface area contributed by atoms with Crippen molar-refractivity contribution in [2.45, 2.75) is 115 Å². The zero-order valence-corrected chi connectivity index (χ0v) is 32.2. The summed E-state index contributed by atoms with van der Waals surface area (Å²) < 4.78 is 47.0. The molecule has 6 fully saturated rings. The minimum absolute atomic E-state index is 0.0578. The first kappa shape index (κ1) is 41.0. The number of rotatable bonds is 8. The van der Waals surface area contributed by atoms with Crippen LogP contribution in [0.2, 0.25) is 0 Å². The number of hydrogen-bond acceptors (Lipinski definition) is 14. The van der Waals surface area contributed by atoms with Crippen LogP contribution in [-0.4, -0.2) is 172 Å². The standard InChI is InChI=1S/C16H26N4O5.C15H24N4O9S/c1-16(2,3)24-15(23)19-8-11(9-19)25-17-13(21)12-6-5-10-7-20(12)14(22)18(10)4;1-15(2,3)26-14(22)17-7-10(8-17)27-16-12(20)11-5-4-9-6-18(11)13(21)19(9)28-29(23,24)25/h10-12H,5-9H2,1-4H3,(H,17,21);9-11H,4-8H2,1-3H3,(H,16,20)(H,23,24,25)/p-1/t10-,12+;9-,11+/m11/s1. The van der Waals surface area contributed by atoms with Gasteiger partial charge in [0.1, 0.15) is 35.5 Å². The molecule has 54 heavy (non-hydrogen) atoms. The van der Waals surface area contributed by atoms with Gasteiger partial charge in [-0.3, -0.25) is 19.3 Å². The molecule has 4 bridgehead atoms. The number of carbonyl (C=O) groups excluding carboxylic acids is 6. The molecule has 0 aromatic carbocycles. The lowest BCUT2D eigenvalue weighted by molar-refractivity contribution is -0.153. The van der Waals surface area contributed by atoms with Gasteiger partial charge in [0.15, 0.2) is 0 Å². The second-order valence-corrected chi connectivity index (χ2v) is 16.9. The molecule has 6 heterocycles. The van der Waals surface area contributed by atoms with Gasteiger partial charge in [0.2, 0.25) is 10.4 Å². The number of likely N-dealkylation sites (N-methyl/N-ethyl adjacent to an activating group) is 1. The number of hydrogen-bond donors (Lipinski definition) is 2. The lowest BCUT2D eigenvalue weighted by atomic mass is 10.0. The van der Waals surface area contributed by atoms with Crippen molar-refractivity contribution in [3.63, 3.8) is 0 Å². The summed E-state index contributed by atoms with van der Waals surface area (Å²) in [6.07, 6.45) is 0.440. The third kappa shape index (κ3) is 9.91. The van der Waals surface area contributed by atoms with E-state index in [9.17, 15) is 41.7 Å². The van der Waals surface area contributed by atoms with Crippen molar-refractivity contribution in [2.24, 2.45) is 0 Å². The molecule has 0 spiro atoms. The van der Waals surface area contributed by atoms with Crippen molar-refractivity contribution < 1.29 is 65.2 Å². The number of amides is 8. The molecule has 6 rings (SSSR count). The van der Waals surface area contributed by atoms with Crippen molar-refractivity contribution in [3.8, 4) is 0 Å². The van der Waals surface area contributed by atoms with Crippen molar-refractivity contribution in [2.75, 3.05) is 46.3 Å². The SMILES string of the molecule is CC(C)(C)OC(=O)N1CC(ONC(=O)[C@@H]2CC[C@@H]3CN2C(=O)N3OS(=O)(=O)[O-])C1.CN1C(=O)N2C[C@H]1CC[C@H]2C(=O)NOC1CN(C(=O)OC(C)(C)C)C1. The van der Waals surface area contributed by atoms with E-state index >= 15 is 0 Å². The molecule has 0 saturated carbocycles. The van der Waals surface area contributed by atoms with Gasteiger partial charge in [0.05, 0.1) is 38.3 Å². The molecule has 0 unspecified atom stereocenters. The van der Waals surface area contributed by atoms with Gasteiger partial charge in [-0.2, -0.15) is 9.35 Å². The van der Waals surface area contributed by atoms with Crippen LogP contribution >= 0.6 is 0 Å². The van der Waals surface area contributed by atoms with Crippen LogP contribution in [0.4, 0.5) is 19.2 Å². The lowest BCUT2D eigenvalue weighted by Crippen LogP contribution is -2.58. The first-order valence-electron chi connectivity index (χ1n) is 17.6. The number of hydroxylamine groups is 4. The molecule has 304 valence electrons. The van der Waals surface area contributed by atoms with Gasteiger partial charge in [-0.25, -0.2) is 38.6 Å². The molecular weight excluding hydrogens is 740 g/mol. The van der Waals surface area contributed by atoms with Crippen LogP contribution in [0.25, 0.3) is 0 Å². The number of fused-ring (bicyclic) bond motifs is 4. The highest BCUT2D eigenvalue weighted by atomic mass is 32.3. The minimum Gasteiger partial charge on any atom is -0.724 e. The van der Waals surface area contributed by atoms with Crippen molar-refractivity contribution in [1.82, 2.24) is 40.5 Å². The third-order valence-corrected chi connectivity index (χ3v) is 9.75. The van der Waals surface area contributed by atoms with E-state index in [0.717, 1.165) is 11.3 Å². The van der Waals surface area contributed by atoms with Crippen LogP contribution in [0.3, 0.4) is 0 Å². The number of nitrogens with one attached hydrogen (secondary N) is 2. The van der Waals surface area contributed by atoms with Gasteiger partial charge < -0.3 is 38.5 Å². The van der Waals surface area contributed by atoms with Gasteiger partial charge >= 0.3 is 24.2 Å². The fourth-order valence-corrected chi connectivity index (χ4v) is 6.99. The summed E-state index contributed by atoms with van der Waals surface area (Å²) in [5.74, 6) is -0.892. The van der Waals surface area contributed by atoms with E-state index in [-0.39, 0.29) is 62.7 Å². The maximum atomic E-state index is 12.4. The van der Waals surface area contributed by atoms with E-state index in [2.05, 4.69) is 15.2 Å². The Bertz CT molecular complexity index is 1590. The molecule has 0 radical (unpaired) electrons. The summed E-state index contributed by atoms with van der Waals surface area (Å²) >= 11 is 0. The summed E-state index contributed by atoms with van der Waals surface area (Å²) in [5.41, 5.74) is 3.58. The Hall–Kier alpha value is -4.19. The number of likely N-dealkylation sites (tertiary alicyclic amines) is 2. The van der Waals surface area contributed by atoms with E-state index in [1.54, 1.807) is 37.6 Å². The molecule has 6 aliphatic rings. The Morgan fingerprint density at radius 2 is 1.07 bits per heavy atom. The van der Waals surface area contributed by atoms with Gasteiger partial charge in [-0.15, -0.1) is 0 Å². The first-order chi connectivity index (χ1) is 25.0. The van der Waals surface area contributed by atoms with Gasteiger partial charge in [-0.05, 0) is 67.2 Å². The van der Waals surface area contributed by atoms with E-state index in [0.29, 0.717) is 31.1 Å². The Kier molecular flexibility index (Phi) is 11.8. The van der Waals surface area contributed by atoms with E-state index < -0.39 is 63.9 Å². The Morgan fingerprint density at radius 3 is 1.50 bits per heavy atom. The van der Waals surface area contributed by atoms with E-state index in [1.807, 2.05) is 20.8 Å². The smallest absolute Gasteiger partial charge is 0.410 e. The number of nitrogens with zero attached hydrogens (tertiary/aromatic N) is 6. The van der Waals surface area contributed by atoms with E-state index in [1.165, 1.54) is 9.80 Å². The van der Waals surface area contributed by atoms with Crippen LogP contribution in [0, 0.1) is 0 Å². The Balaban J connectivity index is 0.000000210. The average Bonchev–Trinajstić information content (AvgIpc) is 3.36. The highest BCUT2D eigenvalue weighted by molar-refractivity contribution is 7.80. The topological polar surface area (TPSA) is 249 Å². The summed E-state index contributed by atoms with van der Waals surface area (Å²) in [6.45, 7) is 12.6. The van der Waals surface area contributed by atoms with Crippen LogP contribution < -0.4 is 11.0 Å². The molecule has 23 heteroatoms. The number of piperidine rings is 2. The monoisotopic (exact) mass is 789 g/mol. The predicted molar refractivity (Wildman–Crippen MR) is 180 cm³/mol. The fourth-order valence-electron chi connectivity index (χ4n) is 6.61. The van der Waals surface area contributed by atoms with Gasteiger partial charge in [-0.1, -0.05) is 0 Å². The molecule has 6 saturated heterocycles. The minimum atomic E-state index is -5.10. The molecule has 0 aromatic heterocycles. The molecule has 2 N–H and O–H groups in total. The summed E-state index contributed by atoms with van der Waals surface area (Å²) in [6, 6.07) is -2.77. The largest absolute Gasteiger partial charge is 0.724 e. The number of carbonyl (C=O) groups is 6. The average molecular weight is 790 g/mol. The Labute approximate surface area is 313 Å². The number of urea groups is 2. The maximum absolute atomic E-state index is 12.4. The molecule has 4 atom stereocenters. The van der Waals surface area contributed by atoms with E-state index in [4.69, 9.17) is 19.1 Å².